The van der Waals surface area contributed by atoms with Crippen molar-refractivity contribution in [2.45, 2.75) is 12.5 Å². The van der Waals surface area contributed by atoms with Crippen molar-refractivity contribution in [1.82, 2.24) is 5.32 Å². The van der Waals surface area contributed by atoms with E-state index in [9.17, 15) is 9.59 Å². The molecule has 140 valence electrons. The van der Waals surface area contributed by atoms with Gasteiger partial charge in [-0.25, -0.2) is 0 Å². The Hall–Kier alpha value is -2.59. The van der Waals surface area contributed by atoms with Gasteiger partial charge in [-0.3, -0.25) is 9.59 Å². The van der Waals surface area contributed by atoms with Crippen LogP contribution in [0.2, 0.25) is 10.0 Å². The Kier molecular flexibility index (Phi) is 6.81. The van der Waals surface area contributed by atoms with Gasteiger partial charge in [0.05, 0.1) is 17.8 Å². The van der Waals surface area contributed by atoms with Gasteiger partial charge in [0.15, 0.2) is 0 Å². The minimum absolute atomic E-state index is 0.0384. The number of methoxy groups -OCH3 is 1. The van der Waals surface area contributed by atoms with Gasteiger partial charge in [0, 0.05) is 17.2 Å². The van der Waals surface area contributed by atoms with Crippen molar-refractivity contribution in [2.75, 3.05) is 19.0 Å². The maximum atomic E-state index is 12.2. The molecule has 0 fully saturated rings. The van der Waals surface area contributed by atoms with Gasteiger partial charge in [0.2, 0.25) is 0 Å². The lowest BCUT2D eigenvalue weighted by molar-refractivity contribution is -0.137. The third kappa shape index (κ3) is 5.20. The van der Waals surface area contributed by atoms with Crippen LogP contribution in [0.1, 0.15) is 18.1 Å². The van der Waals surface area contributed by atoms with Crippen LogP contribution in [0, 0.1) is 11.3 Å². The number of benzene rings is 2. The third-order valence-corrected chi connectivity index (χ3v) is 4.50. The number of rotatable bonds is 5. The number of amides is 2. The first-order chi connectivity index (χ1) is 12.8. The largest absolute Gasteiger partial charge is 0.372 e. The van der Waals surface area contributed by atoms with Crippen LogP contribution in [0.3, 0.4) is 0 Å². The van der Waals surface area contributed by atoms with E-state index in [2.05, 4.69) is 10.6 Å². The molecule has 27 heavy (non-hydrogen) atoms. The number of anilines is 1. The van der Waals surface area contributed by atoms with Gasteiger partial charge < -0.3 is 15.4 Å². The molecule has 2 rings (SSSR count). The molecule has 0 radical (unpaired) electrons. The minimum atomic E-state index is -0.918. The van der Waals surface area contributed by atoms with Crippen molar-refractivity contribution in [2.24, 2.45) is 0 Å². The lowest BCUT2D eigenvalue weighted by atomic mass is 9.95. The molecule has 0 heterocycles. The summed E-state index contributed by atoms with van der Waals surface area (Å²) in [6.07, 6.45) is 0. The molecule has 2 amide bonds. The van der Waals surface area contributed by atoms with Crippen molar-refractivity contribution in [3.8, 4) is 6.07 Å². The fourth-order valence-electron chi connectivity index (χ4n) is 2.34. The van der Waals surface area contributed by atoms with Crippen LogP contribution in [0.25, 0.3) is 0 Å². The smallest absolute Gasteiger partial charge is 0.313 e. The average Bonchev–Trinajstić information content (AvgIpc) is 2.66. The predicted octanol–water partition coefficient (Wildman–Crippen LogP) is 3.48. The molecule has 8 heteroatoms. The number of hydrogen-bond acceptors (Lipinski definition) is 4. The van der Waals surface area contributed by atoms with E-state index >= 15 is 0 Å². The predicted molar refractivity (Wildman–Crippen MR) is 104 cm³/mol. The number of carbonyl (C=O) groups excluding carboxylic acids is 2. The Balaban J connectivity index is 2.07. The summed E-state index contributed by atoms with van der Waals surface area (Å²) in [7, 11) is 1.50. The fourth-order valence-corrected chi connectivity index (χ4v) is 2.70. The quantitative estimate of drug-likeness (QED) is 0.744. The monoisotopic (exact) mass is 405 g/mol. The van der Waals surface area contributed by atoms with Gasteiger partial charge in [-0.05, 0) is 42.8 Å². The molecular formula is C19H17Cl2N3O3. The van der Waals surface area contributed by atoms with Crippen molar-refractivity contribution in [3.63, 3.8) is 0 Å². The van der Waals surface area contributed by atoms with Gasteiger partial charge in [-0.15, -0.1) is 0 Å². The molecule has 6 nitrogen and oxygen atoms in total. The number of nitrogens with one attached hydrogen (secondary N) is 2. The number of ether oxygens (including phenoxy) is 1. The molecule has 0 aliphatic carbocycles. The van der Waals surface area contributed by atoms with Crippen molar-refractivity contribution in [3.05, 3.63) is 63.6 Å². The van der Waals surface area contributed by atoms with Crippen molar-refractivity contribution >= 4 is 40.7 Å². The van der Waals surface area contributed by atoms with Crippen LogP contribution >= 0.6 is 23.2 Å². The standard InChI is InChI=1S/C19H17Cl2N3O3/c1-19(27-2,13-4-3-5-14(20)8-13)11-23-17(25)18(26)24-16-9-15(21)7-6-12(16)10-22/h3-9H,11H2,1-2H3,(H,23,25)(H,24,26). The summed E-state index contributed by atoms with van der Waals surface area (Å²) in [5, 5.41) is 14.9. The van der Waals surface area contributed by atoms with Gasteiger partial charge in [0.1, 0.15) is 11.7 Å². The first-order valence-electron chi connectivity index (χ1n) is 7.89. The van der Waals surface area contributed by atoms with E-state index in [1.165, 1.54) is 25.3 Å². The SMILES string of the molecule is COC(C)(CNC(=O)C(=O)Nc1cc(Cl)ccc1C#N)c1cccc(Cl)c1. The molecule has 2 aromatic carbocycles. The van der Waals surface area contributed by atoms with E-state index in [1.807, 2.05) is 12.1 Å². The molecule has 0 aliphatic heterocycles. The maximum Gasteiger partial charge on any atom is 0.313 e. The Morgan fingerprint density at radius 3 is 2.48 bits per heavy atom. The number of halogens is 2. The van der Waals surface area contributed by atoms with E-state index in [0.29, 0.717) is 10.0 Å². The number of carbonyl (C=O) groups is 2. The summed E-state index contributed by atoms with van der Waals surface area (Å²) < 4.78 is 5.51. The zero-order valence-corrected chi connectivity index (χ0v) is 16.2. The molecule has 1 atom stereocenters. The number of hydrogen-bond donors (Lipinski definition) is 2. The van der Waals surface area contributed by atoms with E-state index in [0.717, 1.165) is 5.56 Å². The first kappa shape index (κ1) is 20.7. The summed E-state index contributed by atoms with van der Waals surface area (Å²) in [5.74, 6) is -1.79. The third-order valence-electron chi connectivity index (χ3n) is 4.03. The van der Waals surface area contributed by atoms with Gasteiger partial charge in [0.25, 0.3) is 0 Å². The highest BCUT2D eigenvalue weighted by atomic mass is 35.5. The zero-order valence-electron chi connectivity index (χ0n) is 14.7. The van der Waals surface area contributed by atoms with E-state index in [4.69, 9.17) is 33.2 Å². The zero-order chi connectivity index (χ0) is 20.0. The molecule has 0 saturated heterocycles. The minimum Gasteiger partial charge on any atom is -0.372 e. The second-order valence-corrected chi connectivity index (χ2v) is 6.76. The second-order valence-electron chi connectivity index (χ2n) is 5.88. The highest BCUT2D eigenvalue weighted by Gasteiger charge is 2.28. The van der Waals surface area contributed by atoms with Crippen molar-refractivity contribution in [1.29, 1.82) is 5.26 Å². The molecule has 0 aliphatic rings. The molecule has 2 N–H and O–H groups in total. The summed E-state index contributed by atoms with van der Waals surface area (Å²) in [4.78, 5) is 24.3. The number of nitriles is 1. The topological polar surface area (TPSA) is 91.2 Å². The van der Waals surface area contributed by atoms with Crippen molar-refractivity contribution < 1.29 is 14.3 Å². The summed E-state index contributed by atoms with van der Waals surface area (Å²) in [6, 6.07) is 13.3. The second kappa shape index (κ2) is 8.87. The molecule has 0 saturated carbocycles. The number of nitrogens with zero attached hydrogens (tertiary/aromatic N) is 1. The molecule has 2 aromatic rings. The average molecular weight is 406 g/mol. The summed E-state index contributed by atoms with van der Waals surface area (Å²) in [5.41, 5.74) is 0.227. The molecule has 1 unspecified atom stereocenters. The normalized spacial score (nSPS) is 12.6. The Labute approximate surface area is 167 Å². The molecular weight excluding hydrogens is 389 g/mol. The highest BCUT2D eigenvalue weighted by Crippen LogP contribution is 2.26. The Morgan fingerprint density at radius 2 is 1.85 bits per heavy atom. The fraction of sp³-hybridized carbons (Fsp3) is 0.211. The Bertz CT molecular complexity index is 911. The van der Waals surface area contributed by atoms with Crippen LogP contribution in [-0.2, 0) is 19.9 Å². The van der Waals surface area contributed by atoms with Crippen LogP contribution in [0.5, 0.6) is 0 Å². The van der Waals surface area contributed by atoms with Crippen LogP contribution in [0.15, 0.2) is 42.5 Å². The molecule has 0 bridgehead atoms. The first-order valence-corrected chi connectivity index (χ1v) is 8.64. The molecule has 0 spiro atoms. The van der Waals surface area contributed by atoms with Gasteiger partial charge in [-0.1, -0.05) is 35.3 Å². The van der Waals surface area contributed by atoms with E-state index < -0.39 is 17.4 Å². The maximum absolute atomic E-state index is 12.2. The highest BCUT2D eigenvalue weighted by molar-refractivity contribution is 6.40. The lowest BCUT2D eigenvalue weighted by Gasteiger charge is -2.29. The Morgan fingerprint density at radius 1 is 1.15 bits per heavy atom. The van der Waals surface area contributed by atoms with E-state index in [-0.39, 0.29) is 17.8 Å². The van der Waals surface area contributed by atoms with Crippen LogP contribution in [0.4, 0.5) is 5.69 Å². The summed E-state index contributed by atoms with van der Waals surface area (Å²) >= 11 is 11.9. The van der Waals surface area contributed by atoms with E-state index in [1.54, 1.807) is 25.1 Å². The van der Waals surface area contributed by atoms with Gasteiger partial charge in [-0.2, -0.15) is 5.26 Å². The summed E-state index contributed by atoms with van der Waals surface area (Å²) in [6.45, 7) is 1.80. The van der Waals surface area contributed by atoms with Crippen LogP contribution < -0.4 is 10.6 Å². The lowest BCUT2D eigenvalue weighted by Crippen LogP contribution is -2.44. The van der Waals surface area contributed by atoms with Gasteiger partial charge >= 0.3 is 11.8 Å². The van der Waals surface area contributed by atoms with Crippen LogP contribution in [-0.4, -0.2) is 25.5 Å². The molecule has 0 aromatic heterocycles.